The van der Waals surface area contributed by atoms with Crippen LogP contribution in [0.3, 0.4) is 0 Å². The molecule has 2 heterocycles. The first-order chi connectivity index (χ1) is 12.9. The number of guanidine groups is 1. The molecule has 1 aliphatic heterocycles. The summed E-state index contributed by atoms with van der Waals surface area (Å²) in [5.74, 6) is 1.52. The molecular weight excluding hydrogens is 491 g/mol. The van der Waals surface area contributed by atoms with E-state index in [9.17, 15) is 8.42 Å². The first-order valence-corrected chi connectivity index (χ1v) is 11.1. The summed E-state index contributed by atoms with van der Waals surface area (Å²) >= 11 is 0. The largest absolute Gasteiger partial charge is 0.357 e. The minimum absolute atomic E-state index is 0. The van der Waals surface area contributed by atoms with E-state index in [4.69, 9.17) is 0 Å². The fourth-order valence-electron chi connectivity index (χ4n) is 3.02. The van der Waals surface area contributed by atoms with Crippen LogP contribution >= 0.6 is 24.0 Å². The number of nitrogens with one attached hydrogen (secondary N) is 2. The van der Waals surface area contributed by atoms with Gasteiger partial charge in [-0.2, -0.15) is 0 Å². The van der Waals surface area contributed by atoms with Crippen LogP contribution in [0.1, 0.15) is 20.8 Å². The molecule has 0 amide bonds. The van der Waals surface area contributed by atoms with Crippen molar-refractivity contribution in [3.8, 4) is 0 Å². The molecule has 1 saturated heterocycles. The van der Waals surface area contributed by atoms with Gasteiger partial charge < -0.3 is 10.2 Å². The zero-order valence-electron chi connectivity index (χ0n) is 17.0. The van der Waals surface area contributed by atoms with E-state index in [1.807, 2.05) is 6.92 Å². The van der Waals surface area contributed by atoms with E-state index in [-0.39, 0.29) is 35.4 Å². The third kappa shape index (κ3) is 8.18. The second-order valence-corrected chi connectivity index (χ2v) is 8.77. The number of halogens is 1. The maximum atomic E-state index is 12.2. The maximum Gasteiger partial charge on any atom is 0.242 e. The predicted molar refractivity (Wildman–Crippen MR) is 124 cm³/mol. The lowest BCUT2D eigenvalue weighted by atomic mass is 10.2. The number of sulfonamides is 1. The molecule has 160 valence electrons. The summed E-state index contributed by atoms with van der Waals surface area (Å²) in [7, 11) is -3.54. The topological polar surface area (TPSA) is 89.9 Å². The molecule has 0 aromatic carbocycles. The molecule has 1 fully saturated rings. The van der Waals surface area contributed by atoms with Crippen LogP contribution in [0.5, 0.6) is 0 Å². The molecule has 0 unspecified atom stereocenters. The molecule has 10 heteroatoms. The van der Waals surface area contributed by atoms with Gasteiger partial charge in [0.25, 0.3) is 0 Å². The Morgan fingerprint density at radius 2 is 2.00 bits per heavy atom. The number of hydrogen-bond acceptors (Lipinski definition) is 5. The molecule has 1 aromatic heterocycles. The van der Waals surface area contributed by atoms with Gasteiger partial charge in [0, 0.05) is 58.2 Å². The summed E-state index contributed by atoms with van der Waals surface area (Å²) in [4.78, 5) is 13.3. The van der Waals surface area contributed by atoms with Crippen molar-refractivity contribution in [3.05, 3.63) is 24.5 Å². The van der Waals surface area contributed by atoms with Crippen molar-refractivity contribution < 1.29 is 8.42 Å². The highest BCUT2D eigenvalue weighted by Gasteiger charge is 2.20. The SMILES string of the molecule is CCNC(=NCCNS(=O)(=O)c1cccnc1)N1CCN(CC(C)C)CC1.I. The van der Waals surface area contributed by atoms with Crippen molar-refractivity contribution in [1.82, 2.24) is 24.8 Å². The van der Waals surface area contributed by atoms with E-state index in [0.717, 1.165) is 45.2 Å². The summed E-state index contributed by atoms with van der Waals surface area (Å²) < 4.78 is 27.0. The first kappa shape index (κ1) is 25.1. The fraction of sp³-hybridized carbons (Fsp3) is 0.667. The highest BCUT2D eigenvalue weighted by Crippen LogP contribution is 2.06. The Hall–Kier alpha value is -0.980. The Balaban J connectivity index is 0.00000392. The normalized spacial score (nSPS) is 16.1. The molecule has 0 radical (unpaired) electrons. The maximum absolute atomic E-state index is 12.2. The van der Waals surface area contributed by atoms with Crippen LogP contribution in [0, 0.1) is 5.92 Å². The Labute approximate surface area is 186 Å². The second-order valence-electron chi connectivity index (χ2n) is 7.00. The van der Waals surface area contributed by atoms with Crippen LogP contribution < -0.4 is 10.0 Å². The quantitative estimate of drug-likeness (QED) is 0.230. The van der Waals surface area contributed by atoms with Gasteiger partial charge in [-0.1, -0.05) is 13.8 Å². The van der Waals surface area contributed by atoms with Gasteiger partial charge >= 0.3 is 0 Å². The van der Waals surface area contributed by atoms with Crippen molar-refractivity contribution >= 4 is 40.0 Å². The van der Waals surface area contributed by atoms with Gasteiger partial charge in [0.05, 0.1) is 6.54 Å². The van der Waals surface area contributed by atoms with E-state index in [1.165, 1.54) is 12.3 Å². The van der Waals surface area contributed by atoms with Crippen LogP contribution in [0.25, 0.3) is 0 Å². The van der Waals surface area contributed by atoms with E-state index in [0.29, 0.717) is 12.5 Å². The van der Waals surface area contributed by atoms with Gasteiger partial charge in [0.2, 0.25) is 10.0 Å². The minimum atomic E-state index is -3.54. The number of aliphatic imine (C=N–C) groups is 1. The van der Waals surface area contributed by atoms with E-state index >= 15 is 0 Å². The summed E-state index contributed by atoms with van der Waals surface area (Å²) in [6, 6.07) is 3.13. The van der Waals surface area contributed by atoms with Crippen LogP contribution in [-0.4, -0.2) is 81.5 Å². The molecule has 1 aromatic rings. The fourth-order valence-corrected chi connectivity index (χ4v) is 4.00. The molecule has 2 rings (SSSR count). The van der Waals surface area contributed by atoms with Gasteiger partial charge in [-0.15, -0.1) is 24.0 Å². The van der Waals surface area contributed by atoms with Gasteiger partial charge in [-0.05, 0) is 25.0 Å². The number of piperazine rings is 1. The lowest BCUT2D eigenvalue weighted by Crippen LogP contribution is -2.53. The molecular formula is C18H33IN6O2S. The first-order valence-electron chi connectivity index (χ1n) is 9.57. The number of nitrogens with zero attached hydrogens (tertiary/aromatic N) is 4. The summed E-state index contributed by atoms with van der Waals surface area (Å²) in [6.07, 6.45) is 2.89. The molecule has 8 nitrogen and oxygen atoms in total. The monoisotopic (exact) mass is 524 g/mol. The van der Waals surface area contributed by atoms with Crippen LogP contribution in [0.4, 0.5) is 0 Å². The van der Waals surface area contributed by atoms with Gasteiger partial charge in [-0.25, -0.2) is 13.1 Å². The standard InChI is InChI=1S/C18H32N6O2S.HI/c1-4-20-18(24-12-10-23(11-13-24)15-16(2)3)21-8-9-22-27(25,26)17-6-5-7-19-14-17;/h5-7,14,16,22H,4,8-13,15H2,1-3H3,(H,20,21);1H. The van der Waals surface area contributed by atoms with Crippen molar-refractivity contribution in [2.24, 2.45) is 10.9 Å². The molecule has 0 atom stereocenters. The van der Waals surface area contributed by atoms with Crippen molar-refractivity contribution in [2.45, 2.75) is 25.7 Å². The average Bonchev–Trinajstić information content (AvgIpc) is 2.65. The van der Waals surface area contributed by atoms with E-state index in [2.05, 4.69) is 43.7 Å². The smallest absolute Gasteiger partial charge is 0.242 e. The van der Waals surface area contributed by atoms with Gasteiger partial charge in [0.15, 0.2) is 5.96 Å². The third-order valence-corrected chi connectivity index (χ3v) is 5.69. The molecule has 1 aliphatic rings. The van der Waals surface area contributed by atoms with Crippen molar-refractivity contribution in [1.29, 1.82) is 0 Å². The average molecular weight is 524 g/mol. The van der Waals surface area contributed by atoms with Gasteiger partial charge in [0.1, 0.15) is 4.90 Å². The van der Waals surface area contributed by atoms with Gasteiger partial charge in [-0.3, -0.25) is 14.9 Å². The molecule has 28 heavy (non-hydrogen) atoms. The number of pyridine rings is 1. The van der Waals surface area contributed by atoms with E-state index in [1.54, 1.807) is 12.3 Å². The highest BCUT2D eigenvalue weighted by atomic mass is 127. The lowest BCUT2D eigenvalue weighted by molar-refractivity contribution is 0.164. The second kappa shape index (κ2) is 12.6. The zero-order valence-corrected chi connectivity index (χ0v) is 20.1. The van der Waals surface area contributed by atoms with Crippen LogP contribution in [-0.2, 0) is 10.0 Å². The Bertz CT molecular complexity index is 691. The van der Waals surface area contributed by atoms with E-state index < -0.39 is 10.0 Å². The molecule has 0 saturated carbocycles. The molecule has 0 aliphatic carbocycles. The minimum Gasteiger partial charge on any atom is -0.357 e. The zero-order chi connectivity index (χ0) is 19.7. The Kier molecular flexibility index (Phi) is 11.2. The summed E-state index contributed by atoms with van der Waals surface area (Å²) in [5.41, 5.74) is 0. The predicted octanol–water partition coefficient (Wildman–Crippen LogP) is 1.22. The summed E-state index contributed by atoms with van der Waals surface area (Å²) in [5, 5.41) is 3.31. The number of rotatable bonds is 8. The van der Waals surface area contributed by atoms with Crippen molar-refractivity contribution in [3.63, 3.8) is 0 Å². The molecule has 0 bridgehead atoms. The number of aromatic nitrogens is 1. The number of hydrogen-bond donors (Lipinski definition) is 2. The van der Waals surface area contributed by atoms with Crippen molar-refractivity contribution in [2.75, 3.05) is 52.4 Å². The Morgan fingerprint density at radius 1 is 1.29 bits per heavy atom. The Morgan fingerprint density at radius 3 is 2.57 bits per heavy atom. The van der Waals surface area contributed by atoms with Crippen LogP contribution in [0.15, 0.2) is 34.4 Å². The van der Waals surface area contributed by atoms with Crippen LogP contribution in [0.2, 0.25) is 0 Å². The third-order valence-electron chi connectivity index (χ3n) is 4.24. The lowest BCUT2D eigenvalue weighted by Gasteiger charge is -2.37. The highest BCUT2D eigenvalue weighted by molar-refractivity contribution is 14.0. The molecule has 2 N–H and O–H groups in total. The molecule has 0 spiro atoms. The summed E-state index contributed by atoms with van der Waals surface area (Å²) in [6.45, 7) is 13.0.